The number of aromatic nitrogens is 1. The van der Waals surface area contributed by atoms with Crippen molar-refractivity contribution in [3.05, 3.63) is 16.1 Å². The summed E-state index contributed by atoms with van der Waals surface area (Å²) in [6.07, 6.45) is 1.24. The van der Waals surface area contributed by atoms with Crippen LogP contribution in [0.4, 0.5) is 0 Å². The summed E-state index contributed by atoms with van der Waals surface area (Å²) in [4.78, 5) is 15.8. The Morgan fingerprint density at radius 1 is 1.80 bits per heavy atom. The number of hydrogen-bond donors (Lipinski definition) is 0. The van der Waals surface area contributed by atoms with Crippen molar-refractivity contribution in [2.24, 2.45) is 11.8 Å². The Morgan fingerprint density at radius 3 is 3.00 bits per heavy atom. The van der Waals surface area contributed by atoms with E-state index in [0.29, 0.717) is 11.6 Å². The molecular weight excluding hydrogens is 278 g/mol. The van der Waals surface area contributed by atoms with Gasteiger partial charge in [0.25, 0.3) is 0 Å². The summed E-state index contributed by atoms with van der Waals surface area (Å²) in [5.41, 5.74) is 0.412. The zero-order valence-corrected chi connectivity index (χ0v) is 11.0. The van der Waals surface area contributed by atoms with Crippen molar-refractivity contribution in [2.75, 3.05) is 7.11 Å². The molecule has 0 spiro atoms. The standard InChI is InChI=1S/C10H12BrNO2S/c1-5-3-6(5)8(11)9-12-7(4-15-9)10(13)14-2/h4-6,8H,3H2,1-2H3. The predicted molar refractivity (Wildman–Crippen MR) is 62.4 cm³/mol. The van der Waals surface area contributed by atoms with Crippen molar-refractivity contribution in [2.45, 2.75) is 18.2 Å². The van der Waals surface area contributed by atoms with Gasteiger partial charge < -0.3 is 4.74 Å². The van der Waals surface area contributed by atoms with Crippen LogP contribution in [-0.4, -0.2) is 18.1 Å². The maximum Gasteiger partial charge on any atom is 0.357 e. The van der Waals surface area contributed by atoms with E-state index in [1.807, 2.05) is 0 Å². The third kappa shape index (κ3) is 2.23. The van der Waals surface area contributed by atoms with Crippen LogP contribution in [0.5, 0.6) is 0 Å². The molecule has 1 aromatic heterocycles. The zero-order chi connectivity index (χ0) is 11.0. The minimum atomic E-state index is -0.360. The van der Waals surface area contributed by atoms with Gasteiger partial charge in [0, 0.05) is 5.38 Å². The Morgan fingerprint density at radius 2 is 2.47 bits per heavy atom. The lowest BCUT2D eigenvalue weighted by Gasteiger charge is -2.03. The number of carbonyl (C=O) groups excluding carboxylic acids is 1. The maximum absolute atomic E-state index is 11.2. The molecule has 15 heavy (non-hydrogen) atoms. The van der Waals surface area contributed by atoms with Crippen LogP contribution in [0.15, 0.2) is 5.38 Å². The molecule has 1 aliphatic rings. The Bertz CT molecular complexity index is 379. The van der Waals surface area contributed by atoms with Gasteiger partial charge in [0.2, 0.25) is 0 Å². The average molecular weight is 290 g/mol. The van der Waals surface area contributed by atoms with Crippen molar-refractivity contribution in [3.63, 3.8) is 0 Å². The molecule has 0 N–H and O–H groups in total. The van der Waals surface area contributed by atoms with Gasteiger partial charge in [0.05, 0.1) is 11.9 Å². The number of ether oxygens (including phenoxy) is 1. The van der Waals surface area contributed by atoms with Crippen LogP contribution in [0.1, 0.15) is 33.7 Å². The summed E-state index contributed by atoms with van der Waals surface area (Å²) < 4.78 is 4.62. The molecule has 5 heteroatoms. The average Bonchev–Trinajstić information content (AvgIpc) is 2.79. The number of halogens is 1. The summed E-state index contributed by atoms with van der Waals surface area (Å²) in [7, 11) is 1.37. The van der Waals surface area contributed by atoms with Gasteiger partial charge in [-0.1, -0.05) is 22.9 Å². The van der Waals surface area contributed by atoms with Crippen LogP contribution in [-0.2, 0) is 4.74 Å². The van der Waals surface area contributed by atoms with Gasteiger partial charge in [-0.15, -0.1) is 11.3 Å². The fourth-order valence-corrected chi connectivity index (χ4v) is 3.55. The van der Waals surface area contributed by atoms with E-state index in [1.165, 1.54) is 24.9 Å². The van der Waals surface area contributed by atoms with E-state index in [2.05, 4.69) is 32.6 Å². The molecular formula is C10H12BrNO2S. The highest BCUT2D eigenvalue weighted by atomic mass is 79.9. The van der Waals surface area contributed by atoms with Gasteiger partial charge >= 0.3 is 5.97 Å². The maximum atomic E-state index is 11.2. The van der Waals surface area contributed by atoms with Gasteiger partial charge in [-0.2, -0.15) is 0 Å². The third-order valence-corrected chi connectivity index (χ3v) is 5.04. The number of esters is 1. The molecule has 3 nitrogen and oxygen atoms in total. The molecule has 2 rings (SSSR count). The Hall–Kier alpha value is -0.420. The molecule has 1 aromatic rings. The van der Waals surface area contributed by atoms with E-state index < -0.39 is 0 Å². The number of carbonyl (C=O) groups is 1. The number of nitrogens with zero attached hydrogens (tertiary/aromatic N) is 1. The number of hydrogen-bond acceptors (Lipinski definition) is 4. The fourth-order valence-electron chi connectivity index (χ4n) is 1.55. The largest absolute Gasteiger partial charge is 0.464 e. The molecule has 82 valence electrons. The molecule has 3 atom stereocenters. The third-order valence-electron chi connectivity index (χ3n) is 2.70. The van der Waals surface area contributed by atoms with Crippen molar-refractivity contribution in [1.82, 2.24) is 4.98 Å². The van der Waals surface area contributed by atoms with E-state index in [9.17, 15) is 4.79 Å². The summed E-state index contributed by atoms with van der Waals surface area (Å²) in [6, 6.07) is 0. The van der Waals surface area contributed by atoms with E-state index in [0.717, 1.165) is 10.9 Å². The minimum Gasteiger partial charge on any atom is -0.464 e. The summed E-state index contributed by atoms with van der Waals surface area (Å²) >= 11 is 5.15. The van der Waals surface area contributed by atoms with Gasteiger partial charge in [-0.05, 0) is 18.3 Å². The van der Waals surface area contributed by atoms with Crippen LogP contribution in [0.2, 0.25) is 0 Å². The normalized spacial score (nSPS) is 26.1. The second kappa shape index (κ2) is 4.22. The molecule has 1 saturated carbocycles. The van der Waals surface area contributed by atoms with Crippen molar-refractivity contribution in [1.29, 1.82) is 0 Å². The van der Waals surface area contributed by atoms with E-state index in [-0.39, 0.29) is 10.8 Å². The summed E-state index contributed by atoms with van der Waals surface area (Å²) in [5, 5.41) is 2.73. The number of rotatable bonds is 3. The molecule has 1 fully saturated rings. The molecule has 0 saturated heterocycles. The van der Waals surface area contributed by atoms with E-state index >= 15 is 0 Å². The first-order chi connectivity index (χ1) is 7.13. The predicted octanol–water partition coefficient (Wildman–Crippen LogP) is 3.02. The van der Waals surface area contributed by atoms with Crippen LogP contribution < -0.4 is 0 Å². The Labute approximate surface area is 101 Å². The molecule has 0 aromatic carbocycles. The van der Waals surface area contributed by atoms with Gasteiger partial charge in [-0.25, -0.2) is 9.78 Å². The summed E-state index contributed by atoms with van der Waals surface area (Å²) in [6.45, 7) is 2.23. The quantitative estimate of drug-likeness (QED) is 0.634. The monoisotopic (exact) mass is 289 g/mol. The van der Waals surface area contributed by atoms with Crippen molar-refractivity contribution in [3.8, 4) is 0 Å². The topological polar surface area (TPSA) is 39.2 Å². The first kappa shape index (κ1) is 11.1. The highest BCUT2D eigenvalue weighted by Gasteiger charge is 2.40. The second-order valence-electron chi connectivity index (χ2n) is 3.84. The molecule has 3 unspecified atom stereocenters. The molecule has 0 amide bonds. The lowest BCUT2D eigenvalue weighted by atomic mass is 10.2. The lowest BCUT2D eigenvalue weighted by molar-refractivity contribution is 0.0594. The van der Waals surface area contributed by atoms with Crippen LogP contribution in [0.3, 0.4) is 0 Å². The summed E-state index contributed by atoms with van der Waals surface area (Å²) in [5.74, 6) is 1.07. The number of alkyl halides is 1. The highest BCUT2D eigenvalue weighted by molar-refractivity contribution is 9.09. The zero-order valence-electron chi connectivity index (χ0n) is 8.57. The minimum absolute atomic E-state index is 0.288. The first-order valence-corrected chi connectivity index (χ1v) is 6.60. The van der Waals surface area contributed by atoms with Gasteiger partial charge in [-0.3, -0.25) is 0 Å². The molecule has 0 bridgehead atoms. The van der Waals surface area contributed by atoms with Crippen LogP contribution in [0, 0.1) is 11.8 Å². The van der Waals surface area contributed by atoms with E-state index in [1.54, 1.807) is 5.38 Å². The van der Waals surface area contributed by atoms with E-state index in [4.69, 9.17) is 0 Å². The molecule has 1 heterocycles. The molecule has 1 aliphatic carbocycles. The second-order valence-corrected chi connectivity index (χ2v) is 5.72. The van der Waals surface area contributed by atoms with Crippen molar-refractivity contribution < 1.29 is 9.53 Å². The molecule has 0 radical (unpaired) electrons. The number of thiazole rings is 1. The Balaban J connectivity index is 2.09. The van der Waals surface area contributed by atoms with Gasteiger partial charge in [0.1, 0.15) is 5.01 Å². The first-order valence-electron chi connectivity index (χ1n) is 4.81. The Kier molecular flexibility index (Phi) is 3.11. The van der Waals surface area contributed by atoms with Crippen LogP contribution >= 0.6 is 27.3 Å². The number of methoxy groups -OCH3 is 1. The SMILES string of the molecule is COC(=O)c1csc(C(Br)C2CC2C)n1. The lowest BCUT2D eigenvalue weighted by Crippen LogP contribution is -2.02. The highest BCUT2D eigenvalue weighted by Crippen LogP contribution is 2.51. The fraction of sp³-hybridized carbons (Fsp3) is 0.600. The molecule has 0 aliphatic heterocycles. The van der Waals surface area contributed by atoms with Crippen molar-refractivity contribution >= 4 is 33.2 Å². The van der Waals surface area contributed by atoms with Crippen LogP contribution in [0.25, 0.3) is 0 Å². The smallest absolute Gasteiger partial charge is 0.357 e. The van der Waals surface area contributed by atoms with Gasteiger partial charge in [0.15, 0.2) is 5.69 Å².